The quantitative estimate of drug-likeness (QED) is 0.373. The van der Waals surface area contributed by atoms with E-state index in [1.807, 2.05) is 0 Å². The Morgan fingerprint density at radius 2 is 2.41 bits per heavy atom. The number of nitro benzene ring substituents is 1. The number of rotatable bonds is 5. The van der Waals surface area contributed by atoms with Crippen molar-refractivity contribution in [3.8, 4) is 0 Å². The minimum absolute atomic E-state index is 0.0335. The van der Waals surface area contributed by atoms with E-state index in [1.54, 1.807) is 19.1 Å². The van der Waals surface area contributed by atoms with Gasteiger partial charge in [0.2, 0.25) is 0 Å². The molecule has 1 aliphatic rings. The van der Waals surface area contributed by atoms with Crippen LogP contribution in [0.15, 0.2) is 29.4 Å². The van der Waals surface area contributed by atoms with Gasteiger partial charge in [0.15, 0.2) is 5.11 Å². The number of hydrogen-bond acceptors (Lipinski definition) is 5. The molecule has 0 aliphatic carbocycles. The third-order valence-corrected chi connectivity index (χ3v) is 3.55. The summed E-state index contributed by atoms with van der Waals surface area (Å²) in [6, 6.07) is 6.30. The van der Waals surface area contributed by atoms with Crippen LogP contribution < -0.4 is 10.7 Å². The van der Waals surface area contributed by atoms with Gasteiger partial charge in [0.05, 0.1) is 16.7 Å². The number of thiocarbonyl (C=S) groups is 1. The van der Waals surface area contributed by atoms with Crippen molar-refractivity contribution in [1.82, 2.24) is 10.7 Å². The van der Waals surface area contributed by atoms with Crippen LogP contribution in [-0.4, -0.2) is 35.0 Å². The van der Waals surface area contributed by atoms with Gasteiger partial charge in [-0.25, -0.2) is 0 Å². The van der Waals surface area contributed by atoms with Gasteiger partial charge >= 0.3 is 0 Å². The lowest BCUT2D eigenvalue weighted by atomic mass is 10.1. The molecule has 2 N–H and O–H groups in total. The third-order valence-electron chi connectivity index (χ3n) is 3.31. The van der Waals surface area contributed by atoms with Crippen molar-refractivity contribution in [1.29, 1.82) is 0 Å². The Morgan fingerprint density at radius 3 is 3.09 bits per heavy atom. The molecular weight excluding hydrogens is 304 g/mol. The zero-order valence-corrected chi connectivity index (χ0v) is 13.1. The van der Waals surface area contributed by atoms with E-state index in [-0.39, 0.29) is 11.8 Å². The van der Waals surface area contributed by atoms with E-state index in [0.29, 0.717) is 22.9 Å². The van der Waals surface area contributed by atoms with E-state index in [1.165, 1.54) is 12.1 Å². The van der Waals surface area contributed by atoms with Crippen LogP contribution in [0.1, 0.15) is 25.3 Å². The maximum absolute atomic E-state index is 10.8. The Morgan fingerprint density at radius 1 is 1.59 bits per heavy atom. The minimum atomic E-state index is -0.433. The lowest BCUT2D eigenvalue weighted by Gasteiger charge is -2.12. The van der Waals surface area contributed by atoms with Crippen molar-refractivity contribution < 1.29 is 9.66 Å². The molecule has 0 amide bonds. The molecule has 2 rings (SSSR count). The zero-order chi connectivity index (χ0) is 15.9. The Labute approximate surface area is 133 Å². The molecule has 0 bridgehead atoms. The highest BCUT2D eigenvalue weighted by atomic mass is 32.1. The van der Waals surface area contributed by atoms with Crippen LogP contribution in [0.3, 0.4) is 0 Å². The molecule has 0 aromatic heterocycles. The van der Waals surface area contributed by atoms with Crippen molar-refractivity contribution in [2.45, 2.75) is 25.9 Å². The summed E-state index contributed by atoms with van der Waals surface area (Å²) in [6.45, 7) is 3.21. The monoisotopic (exact) mass is 322 g/mol. The first kappa shape index (κ1) is 16.3. The van der Waals surface area contributed by atoms with Gasteiger partial charge < -0.3 is 10.1 Å². The highest BCUT2D eigenvalue weighted by Gasteiger charge is 2.15. The summed E-state index contributed by atoms with van der Waals surface area (Å²) in [5, 5.41) is 18.3. The molecular formula is C14H18N4O3S. The average molecular weight is 322 g/mol. The summed E-state index contributed by atoms with van der Waals surface area (Å²) >= 11 is 5.13. The summed E-state index contributed by atoms with van der Waals surface area (Å²) in [5.74, 6) is 0. The van der Waals surface area contributed by atoms with E-state index in [4.69, 9.17) is 17.0 Å². The van der Waals surface area contributed by atoms with E-state index >= 15 is 0 Å². The van der Waals surface area contributed by atoms with Gasteiger partial charge in [-0.05, 0) is 32.0 Å². The summed E-state index contributed by atoms with van der Waals surface area (Å²) < 4.78 is 5.48. The van der Waals surface area contributed by atoms with Crippen molar-refractivity contribution in [3.63, 3.8) is 0 Å². The van der Waals surface area contributed by atoms with Crippen molar-refractivity contribution in [2.24, 2.45) is 5.10 Å². The molecule has 1 heterocycles. The average Bonchev–Trinajstić information content (AvgIpc) is 3.04. The molecule has 0 unspecified atom stereocenters. The summed E-state index contributed by atoms with van der Waals surface area (Å²) in [4.78, 5) is 10.3. The second-order valence-electron chi connectivity index (χ2n) is 4.96. The molecule has 0 saturated carbocycles. The normalized spacial score (nSPS) is 18.0. The molecule has 8 heteroatoms. The fourth-order valence-corrected chi connectivity index (χ4v) is 2.22. The number of nitrogens with zero attached hydrogens (tertiary/aromatic N) is 2. The Balaban J connectivity index is 1.87. The lowest BCUT2D eigenvalue weighted by molar-refractivity contribution is -0.384. The van der Waals surface area contributed by atoms with Gasteiger partial charge in [-0.15, -0.1) is 0 Å². The second-order valence-corrected chi connectivity index (χ2v) is 5.37. The first-order valence-electron chi connectivity index (χ1n) is 7.01. The molecule has 0 radical (unpaired) electrons. The highest BCUT2D eigenvalue weighted by molar-refractivity contribution is 7.80. The molecule has 118 valence electrons. The number of non-ortho nitro benzene ring substituents is 1. The van der Waals surface area contributed by atoms with Gasteiger partial charge in [-0.3, -0.25) is 15.5 Å². The van der Waals surface area contributed by atoms with Gasteiger partial charge in [0.25, 0.3) is 5.69 Å². The second kappa shape index (κ2) is 7.81. The highest BCUT2D eigenvalue weighted by Crippen LogP contribution is 2.13. The molecule has 1 aromatic rings. The number of hydrazone groups is 1. The van der Waals surface area contributed by atoms with Gasteiger partial charge in [0.1, 0.15) is 0 Å². The number of ether oxygens (including phenoxy) is 1. The maximum Gasteiger partial charge on any atom is 0.270 e. The van der Waals surface area contributed by atoms with Crippen LogP contribution in [0.5, 0.6) is 0 Å². The predicted molar refractivity (Wildman–Crippen MR) is 88.0 cm³/mol. The Hall–Kier alpha value is -2.06. The van der Waals surface area contributed by atoms with Gasteiger partial charge in [0, 0.05) is 30.8 Å². The maximum atomic E-state index is 10.8. The molecule has 1 saturated heterocycles. The molecule has 0 spiro atoms. The molecule has 1 atom stereocenters. The van der Waals surface area contributed by atoms with Crippen LogP contribution in [0.4, 0.5) is 5.69 Å². The first-order valence-corrected chi connectivity index (χ1v) is 7.41. The number of nitrogens with one attached hydrogen (secondary N) is 2. The SMILES string of the molecule is C/C(=N/NC(=S)NC[C@@H]1CCCO1)c1cccc([N+](=O)[O-])c1. The van der Waals surface area contributed by atoms with Crippen LogP contribution >= 0.6 is 12.2 Å². The van der Waals surface area contributed by atoms with E-state index in [0.717, 1.165) is 19.4 Å². The van der Waals surface area contributed by atoms with E-state index in [2.05, 4.69) is 15.8 Å². The topological polar surface area (TPSA) is 88.8 Å². The van der Waals surface area contributed by atoms with Crippen LogP contribution in [0, 0.1) is 10.1 Å². The number of benzene rings is 1. The van der Waals surface area contributed by atoms with E-state index < -0.39 is 4.92 Å². The first-order chi connectivity index (χ1) is 10.6. The minimum Gasteiger partial charge on any atom is -0.376 e. The molecule has 1 fully saturated rings. The molecule has 22 heavy (non-hydrogen) atoms. The van der Waals surface area contributed by atoms with E-state index in [9.17, 15) is 10.1 Å². The van der Waals surface area contributed by atoms with Crippen LogP contribution in [0.25, 0.3) is 0 Å². The molecule has 1 aliphatic heterocycles. The summed E-state index contributed by atoms with van der Waals surface area (Å²) in [7, 11) is 0. The van der Waals surface area contributed by atoms with Gasteiger partial charge in [-0.1, -0.05) is 12.1 Å². The number of hydrogen-bond donors (Lipinski definition) is 2. The van der Waals surface area contributed by atoms with Crippen LogP contribution in [0.2, 0.25) is 0 Å². The standard InChI is InChI=1S/C14H18N4O3S/c1-10(11-4-2-5-12(8-11)18(19)20)16-17-14(22)15-9-13-6-3-7-21-13/h2,4-5,8,13H,3,6-7,9H2,1H3,(H2,15,17,22)/b16-10-/t13-/m0/s1. The largest absolute Gasteiger partial charge is 0.376 e. The van der Waals surface area contributed by atoms with Crippen molar-refractivity contribution in [2.75, 3.05) is 13.2 Å². The van der Waals surface area contributed by atoms with Gasteiger partial charge in [-0.2, -0.15) is 5.10 Å². The fourth-order valence-electron chi connectivity index (χ4n) is 2.10. The van der Waals surface area contributed by atoms with Crippen molar-refractivity contribution in [3.05, 3.63) is 39.9 Å². The third kappa shape index (κ3) is 4.74. The Kier molecular flexibility index (Phi) is 5.79. The lowest BCUT2D eigenvalue weighted by Crippen LogP contribution is -2.37. The summed E-state index contributed by atoms with van der Waals surface area (Å²) in [6.07, 6.45) is 2.31. The smallest absolute Gasteiger partial charge is 0.270 e. The zero-order valence-electron chi connectivity index (χ0n) is 12.2. The number of nitro groups is 1. The molecule has 7 nitrogen and oxygen atoms in total. The Bertz CT molecular complexity index is 585. The molecule has 1 aromatic carbocycles. The summed E-state index contributed by atoms with van der Waals surface area (Å²) in [5.41, 5.74) is 4.06. The fraction of sp³-hybridized carbons (Fsp3) is 0.429. The van der Waals surface area contributed by atoms with Crippen molar-refractivity contribution >= 4 is 28.7 Å². The van der Waals surface area contributed by atoms with Crippen LogP contribution in [-0.2, 0) is 4.74 Å². The predicted octanol–water partition coefficient (Wildman–Crippen LogP) is 1.96.